The number of anilines is 1. The molecule has 1 heterocycles. The fourth-order valence-electron chi connectivity index (χ4n) is 2.74. The molecule has 0 spiro atoms. The van der Waals surface area contributed by atoms with E-state index in [1.807, 2.05) is 0 Å². The lowest BCUT2D eigenvalue weighted by Gasteiger charge is -2.34. The van der Waals surface area contributed by atoms with Gasteiger partial charge in [-0.3, -0.25) is 10.1 Å². The Morgan fingerprint density at radius 1 is 1.55 bits per heavy atom. The number of benzene rings is 1. The first-order valence-corrected chi connectivity index (χ1v) is 7.38. The zero-order valence-corrected chi connectivity index (χ0v) is 12.8. The van der Waals surface area contributed by atoms with Gasteiger partial charge in [0.15, 0.2) is 0 Å². The molecular weight excluding hydrogens is 286 g/mol. The molecular formula is C15H21N3O4. The number of aliphatic hydroxyl groups is 1. The molecule has 22 heavy (non-hydrogen) atoms. The second-order valence-corrected chi connectivity index (χ2v) is 5.73. The molecule has 1 aliphatic rings. The number of nitro benzene ring substituents is 1. The summed E-state index contributed by atoms with van der Waals surface area (Å²) in [7, 11) is 0. The molecule has 2 rings (SSSR count). The maximum absolute atomic E-state index is 12.3. The van der Waals surface area contributed by atoms with Crippen molar-refractivity contribution >= 4 is 17.4 Å². The third-order valence-corrected chi connectivity index (χ3v) is 4.17. The van der Waals surface area contributed by atoms with Crippen molar-refractivity contribution in [3.8, 4) is 0 Å². The lowest BCUT2D eigenvalue weighted by molar-refractivity contribution is -0.385. The number of aliphatic hydroxyl groups excluding tert-OH is 1. The van der Waals surface area contributed by atoms with Crippen molar-refractivity contribution in [2.45, 2.75) is 32.8 Å². The van der Waals surface area contributed by atoms with Crippen molar-refractivity contribution < 1.29 is 14.8 Å². The van der Waals surface area contributed by atoms with Gasteiger partial charge in [0.25, 0.3) is 5.69 Å². The summed E-state index contributed by atoms with van der Waals surface area (Å²) in [5.74, 6) is 0.0747. The second kappa shape index (κ2) is 6.74. The van der Waals surface area contributed by atoms with E-state index in [9.17, 15) is 20.0 Å². The van der Waals surface area contributed by atoms with Crippen molar-refractivity contribution in [3.63, 3.8) is 0 Å². The third kappa shape index (κ3) is 3.54. The Morgan fingerprint density at radius 2 is 2.27 bits per heavy atom. The average Bonchev–Trinajstić information content (AvgIpc) is 2.49. The number of rotatable bonds is 3. The molecule has 0 radical (unpaired) electrons. The third-order valence-electron chi connectivity index (χ3n) is 4.17. The molecule has 2 unspecified atom stereocenters. The standard InChI is InChI=1S/C15H21N3O4/c1-10-13(6-3-7-14(10)18(21)22)16-15(20)17-8-4-5-12(9-17)11(2)19/h3,6-7,11-12,19H,4-5,8-9H2,1-2H3,(H,16,20). The molecule has 1 aromatic rings. The minimum Gasteiger partial charge on any atom is -0.393 e. The number of carbonyl (C=O) groups excluding carboxylic acids is 1. The minimum atomic E-state index is -0.463. The van der Waals surface area contributed by atoms with Gasteiger partial charge >= 0.3 is 6.03 Å². The van der Waals surface area contributed by atoms with Gasteiger partial charge in [-0.05, 0) is 32.8 Å². The number of likely N-dealkylation sites (tertiary alicyclic amines) is 1. The van der Waals surface area contributed by atoms with Gasteiger partial charge in [0, 0.05) is 25.1 Å². The number of nitrogens with one attached hydrogen (secondary N) is 1. The molecule has 2 N–H and O–H groups in total. The molecule has 0 bridgehead atoms. The van der Waals surface area contributed by atoms with Gasteiger partial charge < -0.3 is 15.3 Å². The van der Waals surface area contributed by atoms with E-state index in [4.69, 9.17) is 0 Å². The highest BCUT2D eigenvalue weighted by Crippen LogP contribution is 2.26. The quantitative estimate of drug-likeness (QED) is 0.662. The van der Waals surface area contributed by atoms with Gasteiger partial charge in [0.1, 0.15) is 0 Å². The van der Waals surface area contributed by atoms with Crippen LogP contribution in [0, 0.1) is 23.0 Å². The fourth-order valence-corrected chi connectivity index (χ4v) is 2.74. The number of hydrogen-bond donors (Lipinski definition) is 2. The smallest absolute Gasteiger partial charge is 0.321 e. The lowest BCUT2D eigenvalue weighted by Crippen LogP contribution is -2.44. The highest BCUT2D eigenvalue weighted by molar-refractivity contribution is 5.90. The molecule has 1 fully saturated rings. The van der Waals surface area contributed by atoms with Crippen molar-refractivity contribution in [3.05, 3.63) is 33.9 Å². The monoisotopic (exact) mass is 307 g/mol. The topological polar surface area (TPSA) is 95.7 Å². The van der Waals surface area contributed by atoms with E-state index in [-0.39, 0.29) is 17.6 Å². The van der Waals surface area contributed by atoms with Crippen molar-refractivity contribution in [1.29, 1.82) is 0 Å². The van der Waals surface area contributed by atoms with E-state index in [2.05, 4.69) is 5.32 Å². The number of hydrogen-bond acceptors (Lipinski definition) is 4. The molecule has 0 aromatic heterocycles. The predicted molar refractivity (Wildman–Crippen MR) is 82.8 cm³/mol. The SMILES string of the molecule is Cc1c(NC(=O)N2CCCC(C(C)O)C2)cccc1[N+](=O)[O-]. The molecule has 0 aliphatic carbocycles. The number of amides is 2. The number of carbonyl (C=O) groups is 1. The summed E-state index contributed by atoms with van der Waals surface area (Å²) < 4.78 is 0. The maximum atomic E-state index is 12.3. The molecule has 1 saturated heterocycles. The van der Waals surface area contributed by atoms with E-state index in [1.54, 1.807) is 30.9 Å². The molecule has 0 saturated carbocycles. The van der Waals surface area contributed by atoms with E-state index < -0.39 is 11.0 Å². The summed E-state index contributed by atoms with van der Waals surface area (Å²) in [5.41, 5.74) is 0.863. The zero-order valence-electron chi connectivity index (χ0n) is 12.8. The number of urea groups is 1. The van der Waals surface area contributed by atoms with Gasteiger partial charge in [-0.15, -0.1) is 0 Å². The molecule has 2 atom stereocenters. The Morgan fingerprint density at radius 3 is 2.91 bits per heavy atom. The van der Waals surface area contributed by atoms with Crippen molar-refractivity contribution in [1.82, 2.24) is 4.90 Å². The fraction of sp³-hybridized carbons (Fsp3) is 0.533. The van der Waals surface area contributed by atoms with Gasteiger partial charge in [-0.2, -0.15) is 0 Å². The molecule has 1 aliphatic heterocycles. The molecule has 7 nitrogen and oxygen atoms in total. The number of nitro groups is 1. The minimum absolute atomic E-state index is 0.0155. The van der Waals surface area contributed by atoms with Crippen molar-refractivity contribution in [2.24, 2.45) is 5.92 Å². The summed E-state index contributed by atoms with van der Waals surface area (Å²) in [6.45, 7) is 4.47. The van der Waals surface area contributed by atoms with E-state index in [0.29, 0.717) is 24.3 Å². The Kier molecular flexibility index (Phi) is 4.97. The first kappa shape index (κ1) is 16.2. The highest BCUT2D eigenvalue weighted by atomic mass is 16.6. The summed E-state index contributed by atoms with van der Waals surface area (Å²) in [6.07, 6.45) is 1.30. The average molecular weight is 307 g/mol. The van der Waals surface area contributed by atoms with Crippen LogP contribution in [-0.4, -0.2) is 40.2 Å². The van der Waals surface area contributed by atoms with Crippen LogP contribution in [0.5, 0.6) is 0 Å². The van der Waals surface area contributed by atoms with E-state index >= 15 is 0 Å². The predicted octanol–water partition coefficient (Wildman–Crippen LogP) is 2.53. The number of piperidine rings is 1. The number of nitrogens with zero attached hydrogens (tertiary/aromatic N) is 2. The maximum Gasteiger partial charge on any atom is 0.321 e. The summed E-state index contributed by atoms with van der Waals surface area (Å²) in [6, 6.07) is 4.33. The van der Waals surface area contributed by atoms with Crippen LogP contribution < -0.4 is 5.32 Å². The van der Waals surface area contributed by atoms with Crippen LogP contribution in [-0.2, 0) is 0 Å². The first-order chi connectivity index (χ1) is 10.4. The summed E-state index contributed by atoms with van der Waals surface area (Å²) in [4.78, 5) is 24.5. The van der Waals surface area contributed by atoms with Crippen LogP contribution in [0.15, 0.2) is 18.2 Å². The molecule has 120 valence electrons. The van der Waals surface area contributed by atoms with Gasteiger partial charge in [0.2, 0.25) is 0 Å². The largest absolute Gasteiger partial charge is 0.393 e. The van der Waals surface area contributed by atoms with Crippen LogP contribution in [0.4, 0.5) is 16.2 Å². The highest BCUT2D eigenvalue weighted by Gasteiger charge is 2.27. The van der Waals surface area contributed by atoms with Gasteiger partial charge in [-0.1, -0.05) is 6.07 Å². The van der Waals surface area contributed by atoms with Crippen LogP contribution in [0.25, 0.3) is 0 Å². The molecule has 1 aromatic carbocycles. The Labute approximate surface area is 129 Å². The van der Waals surface area contributed by atoms with Crippen LogP contribution in [0.1, 0.15) is 25.3 Å². The first-order valence-electron chi connectivity index (χ1n) is 7.38. The lowest BCUT2D eigenvalue weighted by atomic mass is 9.94. The van der Waals surface area contributed by atoms with Crippen LogP contribution in [0.2, 0.25) is 0 Å². The van der Waals surface area contributed by atoms with E-state index in [0.717, 1.165) is 12.8 Å². The van der Waals surface area contributed by atoms with Gasteiger partial charge in [0.05, 0.1) is 22.3 Å². The van der Waals surface area contributed by atoms with Crippen LogP contribution in [0.3, 0.4) is 0 Å². The Hall–Kier alpha value is -2.15. The van der Waals surface area contributed by atoms with Gasteiger partial charge in [-0.25, -0.2) is 4.79 Å². The second-order valence-electron chi connectivity index (χ2n) is 5.73. The van der Waals surface area contributed by atoms with Crippen molar-refractivity contribution in [2.75, 3.05) is 18.4 Å². The summed E-state index contributed by atoms with van der Waals surface area (Å²) in [5, 5.41) is 23.3. The van der Waals surface area contributed by atoms with E-state index in [1.165, 1.54) is 6.07 Å². The van der Waals surface area contributed by atoms with Crippen LogP contribution >= 0.6 is 0 Å². The Bertz CT molecular complexity index is 574. The normalized spacial score (nSPS) is 19.6. The zero-order chi connectivity index (χ0) is 16.3. The Balaban J connectivity index is 2.09. The molecule has 2 amide bonds. The summed E-state index contributed by atoms with van der Waals surface area (Å²) >= 11 is 0. The molecule has 7 heteroatoms.